The highest BCUT2D eigenvalue weighted by molar-refractivity contribution is 9.10. The number of carbonyl (C=O) groups is 2. The molecule has 0 bridgehead atoms. The zero-order valence-electron chi connectivity index (χ0n) is 15.2. The lowest BCUT2D eigenvalue weighted by molar-refractivity contribution is -0.115. The van der Waals surface area contributed by atoms with E-state index in [-0.39, 0.29) is 12.3 Å². The van der Waals surface area contributed by atoms with Crippen molar-refractivity contribution in [3.63, 3.8) is 0 Å². The van der Waals surface area contributed by atoms with Gasteiger partial charge in [0.1, 0.15) is 11.5 Å². The largest absolute Gasteiger partial charge is 0.497 e. The molecule has 2 aromatic rings. The summed E-state index contributed by atoms with van der Waals surface area (Å²) in [4.78, 5) is 24.4. The highest BCUT2D eigenvalue weighted by Gasteiger charge is 2.13. The summed E-state index contributed by atoms with van der Waals surface area (Å²) in [6, 6.07) is 12.1. The minimum Gasteiger partial charge on any atom is -0.497 e. The number of hydrogen-bond donors (Lipinski definition) is 2. The Morgan fingerprint density at radius 1 is 1.11 bits per heavy atom. The third-order valence-electron chi connectivity index (χ3n) is 3.53. The maximum Gasteiger partial charge on any atom is 0.275 e. The molecule has 142 valence electrons. The molecule has 2 amide bonds. The first-order chi connectivity index (χ1) is 12.9. The third kappa shape index (κ3) is 6.10. The van der Waals surface area contributed by atoms with E-state index in [0.29, 0.717) is 28.5 Å². The van der Waals surface area contributed by atoms with Gasteiger partial charge in [0.25, 0.3) is 5.91 Å². The van der Waals surface area contributed by atoms with Crippen LogP contribution in [-0.2, 0) is 4.79 Å². The van der Waals surface area contributed by atoms with Gasteiger partial charge >= 0.3 is 0 Å². The molecule has 0 aromatic heterocycles. The summed E-state index contributed by atoms with van der Waals surface area (Å²) in [5.41, 5.74) is 3.88. The van der Waals surface area contributed by atoms with Gasteiger partial charge in [0.2, 0.25) is 5.91 Å². The molecule has 8 heteroatoms. The molecule has 0 unspecified atom stereocenters. The van der Waals surface area contributed by atoms with E-state index < -0.39 is 5.91 Å². The number of ether oxygens (including phenoxy) is 2. The molecule has 0 aliphatic rings. The molecule has 0 radical (unpaired) electrons. The number of halogens is 1. The second-order valence-electron chi connectivity index (χ2n) is 5.59. The van der Waals surface area contributed by atoms with Crippen LogP contribution >= 0.6 is 15.9 Å². The maximum absolute atomic E-state index is 12.3. The van der Waals surface area contributed by atoms with Crippen molar-refractivity contribution in [2.75, 3.05) is 19.5 Å². The van der Waals surface area contributed by atoms with Gasteiger partial charge in [-0.05, 0) is 37.3 Å². The molecule has 7 nitrogen and oxygen atoms in total. The van der Waals surface area contributed by atoms with Crippen LogP contribution in [0.15, 0.2) is 52.0 Å². The Labute approximate surface area is 165 Å². The van der Waals surface area contributed by atoms with Crippen molar-refractivity contribution in [1.29, 1.82) is 0 Å². The van der Waals surface area contributed by atoms with E-state index in [1.165, 1.54) is 14.2 Å². The minimum atomic E-state index is -0.443. The second-order valence-corrected chi connectivity index (χ2v) is 6.51. The highest BCUT2D eigenvalue weighted by atomic mass is 79.9. The van der Waals surface area contributed by atoms with Gasteiger partial charge in [0.15, 0.2) is 0 Å². The van der Waals surface area contributed by atoms with Crippen molar-refractivity contribution >= 4 is 39.1 Å². The van der Waals surface area contributed by atoms with Gasteiger partial charge in [-0.1, -0.05) is 22.0 Å². The number of benzene rings is 2. The molecule has 0 spiro atoms. The van der Waals surface area contributed by atoms with Crippen LogP contribution in [0, 0.1) is 0 Å². The normalized spacial score (nSPS) is 10.9. The second kappa shape index (κ2) is 9.72. The van der Waals surface area contributed by atoms with Gasteiger partial charge in [0.05, 0.1) is 26.2 Å². The summed E-state index contributed by atoms with van der Waals surface area (Å²) in [6.45, 7) is 1.66. The first-order valence-corrected chi connectivity index (χ1v) is 8.83. The highest BCUT2D eigenvalue weighted by Crippen LogP contribution is 2.24. The van der Waals surface area contributed by atoms with E-state index in [2.05, 4.69) is 31.8 Å². The van der Waals surface area contributed by atoms with Gasteiger partial charge < -0.3 is 14.8 Å². The van der Waals surface area contributed by atoms with E-state index >= 15 is 0 Å². The van der Waals surface area contributed by atoms with Crippen LogP contribution in [0.3, 0.4) is 0 Å². The standard InChI is InChI=1S/C19H20BrN3O4/c1-12(9-18(24)21-14-6-4-5-13(20)10-14)22-23-19(25)16-8-7-15(26-2)11-17(16)27-3/h4-8,10-11H,9H2,1-3H3,(H,21,24)(H,23,25)/b22-12+. The Morgan fingerprint density at radius 3 is 2.56 bits per heavy atom. The zero-order chi connectivity index (χ0) is 19.8. The van der Waals surface area contributed by atoms with Crippen LogP contribution in [-0.4, -0.2) is 31.7 Å². The lowest BCUT2D eigenvalue weighted by Crippen LogP contribution is -2.22. The van der Waals surface area contributed by atoms with Crippen molar-refractivity contribution in [1.82, 2.24) is 5.43 Å². The average molecular weight is 434 g/mol. The molecule has 0 atom stereocenters. The molecule has 0 heterocycles. The van der Waals surface area contributed by atoms with Crippen molar-refractivity contribution in [2.45, 2.75) is 13.3 Å². The predicted octanol–water partition coefficient (Wildman–Crippen LogP) is 3.60. The van der Waals surface area contributed by atoms with E-state index in [1.54, 1.807) is 37.3 Å². The lowest BCUT2D eigenvalue weighted by atomic mass is 10.2. The molecule has 2 aromatic carbocycles. The van der Waals surface area contributed by atoms with Gasteiger partial charge in [-0.15, -0.1) is 0 Å². The van der Waals surface area contributed by atoms with Crippen molar-refractivity contribution in [3.05, 3.63) is 52.5 Å². The minimum absolute atomic E-state index is 0.0482. The van der Waals surface area contributed by atoms with E-state index in [9.17, 15) is 9.59 Å². The fourth-order valence-electron chi connectivity index (χ4n) is 2.24. The van der Waals surface area contributed by atoms with E-state index in [1.807, 2.05) is 12.1 Å². The molecular formula is C19H20BrN3O4. The topological polar surface area (TPSA) is 89.0 Å². The molecule has 0 saturated carbocycles. The molecule has 0 aliphatic heterocycles. The fraction of sp³-hybridized carbons (Fsp3) is 0.211. The van der Waals surface area contributed by atoms with E-state index in [0.717, 1.165) is 4.47 Å². The van der Waals surface area contributed by atoms with Crippen LogP contribution in [0.25, 0.3) is 0 Å². The number of anilines is 1. The molecule has 27 heavy (non-hydrogen) atoms. The van der Waals surface area contributed by atoms with Crippen LogP contribution in [0.4, 0.5) is 5.69 Å². The van der Waals surface area contributed by atoms with Crippen LogP contribution in [0.2, 0.25) is 0 Å². The smallest absolute Gasteiger partial charge is 0.275 e. The Balaban J connectivity index is 1.96. The van der Waals surface area contributed by atoms with E-state index in [4.69, 9.17) is 9.47 Å². The number of nitrogens with one attached hydrogen (secondary N) is 2. The molecule has 2 N–H and O–H groups in total. The van der Waals surface area contributed by atoms with Crippen molar-refractivity contribution < 1.29 is 19.1 Å². The summed E-state index contributed by atoms with van der Waals surface area (Å²) in [5.74, 6) is 0.270. The number of hydrazone groups is 1. The molecule has 0 fully saturated rings. The summed E-state index contributed by atoms with van der Waals surface area (Å²) < 4.78 is 11.2. The third-order valence-corrected chi connectivity index (χ3v) is 4.02. The predicted molar refractivity (Wildman–Crippen MR) is 108 cm³/mol. The number of nitrogens with zero attached hydrogens (tertiary/aromatic N) is 1. The van der Waals surface area contributed by atoms with Crippen molar-refractivity contribution in [3.8, 4) is 11.5 Å². The summed E-state index contributed by atoms with van der Waals surface area (Å²) in [7, 11) is 2.99. The monoisotopic (exact) mass is 433 g/mol. The number of rotatable bonds is 7. The van der Waals surface area contributed by atoms with Gasteiger partial charge in [-0.3, -0.25) is 9.59 Å². The maximum atomic E-state index is 12.3. The SMILES string of the molecule is COc1ccc(C(=O)N/N=C(\C)CC(=O)Nc2cccc(Br)c2)c(OC)c1. The summed E-state index contributed by atoms with van der Waals surface area (Å²) in [5, 5.41) is 6.75. The lowest BCUT2D eigenvalue weighted by Gasteiger charge is -2.09. The number of methoxy groups -OCH3 is 2. The molecular weight excluding hydrogens is 414 g/mol. The summed E-state index contributed by atoms with van der Waals surface area (Å²) >= 11 is 3.35. The Hall–Kier alpha value is -2.87. The molecule has 2 rings (SSSR count). The zero-order valence-corrected chi connectivity index (χ0v) is 16.8. The van der Waals surface area contributed by atoms with Gasteiger partial charge in [0, 0.05) is 21.9 Å². The molecule has 0 saturated heterocycles. The van der Waals surface area contributed by atoms with Crippen LogP contribution in [0.1, 0.15) is 23.7 Å². The number of amides is 2. The quantitative estimate of drug-likeness (QED) is 0.515. The van der Waals surface area contributed by atoms with Gasteiger partial charge in [-0.25, -0.2) is 5.43 Å². The molecule has 0 aliphatic carbocycles. The average Bonchev–Trinajstić information content (AvgIpc) is 2.65. The number of hydrogen-bond acceptors (Lipinski definition) is 5. The van der Waals surface area contributed by atoms with Crippen molar-refractivity contribution in [2.24, 2.45) is 5.10 Å². The Bertz CT molecular complexity index is 868. The van der Waals surface area contributed by atoms with Crippen LogP contribution in [0.5, 0.6) is 11.5 Å². The van der Waals surface area contributed by atoms with Crippen LogP contribution < -0.4 is 20.2 Å². The first-order valence-electron chi connectivity index (χ1n) is 8.04. The fourth-order valence-corrected chi connectivity index (χ4v) is 2.64. The first kappa shape index (κ1) is 20.4. The summed E-state index contributed by atoms with van der Waals surface area (Å²) in [6.07, 6.45) is 0.0482. The Kier molecular flexibility index (Phi) is 7.36. The van der Waals surface area contributed by atoms with Gasteiger partial charge in [-0.2, -0.15) is 5.10 Å². The number of carbonyl (C=O) groups excluding carboxylic acids is 2. The Morgan fingerprint density at radius 2 is 1.89 bits per heavy atom.